The van der Waals surface area contributed by atoms with Crippen LogP contribution in [-0.4, -0.2) is 45.5 Å². The molecule has 20 heavy (non-hydrogen) atoms. The van der Waals surface area contributed by atoms with Crippen molar-refractivity contribution < 1.29 is 26.7 Å². The number of carboxylic acid groups (broad SMARTS) is 1. The monoisotopic (exact) mass is 339 g/mol. The molecule has 2 N–H and O–H groups in total. The summed E-state index contributed by atoms with van der Waals surface area (Å²) in [6.45, 7) is 1.51. The van der Waals surface area contributed by atoms with Crippen molar-refractivity contribution in [2.45, 2.75) is 23.6 Å². The van der Waals surface area contributed by atoms with Crippen molar-refractivity contribution in [2.75, 3.05) is 11.5 Å². The lowest BCUT2D eigenvalue weighted by molar-refractivity contribution is 0.0701. The van der Waals surface area contributed by atoms with E-state index in [4.69, 9.17) is 5.11 Å². The molecule has 1 fully saturated rings. The van der Waals surface area contributed by atoms with Crippen LogP contribution in [0.25, 0.3) is 0 Å². The largest absolute Gasteiger partial charge is 0.477 e. The van der Waals surface area contributed by atoms with Gasteiger partial charge in [-0.15, -0.1) is 11.3 Å². The van der Waals surface area contributed by atoms with Gasteiger partial charge in [0.2, 0.25) is 10.0 Å². The summed E-state index contributed by atoms with van der Waals surface area (Å²) in [5.74, 6) is -1.44. The van der Waals surface area contributed by atoms with Gasteiger partial charge >= 0.3 is 5.97 Å². The molecule has 112 valence electrons. The molecule has 1 aromatic rings. The molecule has 1 atom stereocenters. The number of aryl methyl sites for hydroxylation is 1. The summed E-state index contributed by atoms with van der Waals surface area (Å²) in [5.41, 5.74) is 0.363. The van der Waals surface area contributed by atoms with Crippen LogP contribution in [0.5, 0.6) is 0 Å². The third-order valence-electron chi connectivity index (χ3n) is 2.91. The van der Waals surface area contributed by atoms with Gasteiger partial charge in [0.1, 0.15) is 9.09 Å². The van der Waals surface area contributed by atoms with Crippen LogP contribution in [-0.2, 0) is 19.9 Å². The van der Waals surface area contributed by atoms with E-state index in [9.17, 15) is 21.6 Å². The fraction of sp³-hybridized carbons (Fsp3) is 0.500. The van der Waals surface area contributed by atoms with Crippen molar-refractivity contribution in [1.82, 2.24) is 4.72 Å². The number of rotatable bonds is 4. The number of hydrogen-bond donors (Lipinski definition) is 2. The van der Waals surface area contributed by atoms with E-state index in [-0.39, 0.29) is 27.0 Å². The SMILES string of the molecule is Cc1cc(S(=O)(=O)NC2CCS(=O)(=O)C2)sc1C(=O)O. The third kappa shape index (κ3) is 3.19. The number of nitrogens with one attached hydrogen (secondary N) is 1. The summed E-state index contributed by atoms with van der Waals surface area (Å²) < 4.78 is 49.0. The molecule has 2 rings (SSSR count). The van der Waals surface area contributed by atoms with Gasteiger partial charge in [-0.05, 0) is 25.0 Å². The van der Waals surface area contributed by atoms with E-state index in [0.717, 1.165) is 0 Å². The Balaban J connectivity index is 2.23. The molecule has 1 saturated heterocycles. The van der Waals surface area contributed by atoms with Gasteiger partial charge in [0.25, 0.3) is 0 Å². The van der Waals surface area contributed by atoms with Crippen molar-refractivity contribution >= 4 is 37.2 Å². The van der Waals surface area contributed by atoms with Crippen LogP contribution in [0, 0.1) is 6.92 Å². The predicted molar refractivity (Wildman–Crippen MR) is 73.4 cm³/mol. The molecule has 1 aliphatic heterocycles. The summed E-state index contributed by atoms with van der Waals surface area (Å²) in [4.78, 5) is 10.9. The minimum Gasteiger partial charge on any atom is -0.477 e. The van der Waals surface area contributed by atoms with Crippen LogP contribution in [0.15, 0.2) is 10.3 Å². The normalized spacial score (nSPS) is 21.9. The summed E-state index contributed by atoms with van der Waals surface area (Å²) >= 11 is 0.658. The first-order chi connectivity index (χ1) is 9.11. The van der Waals surface area contributed by atoms with Gasteiger partial charge in [-0.25, -0.2) is 26.4 Å². The number of sulfonamides is 1. The molecule has 0 saturated carbocycles. The average Bonchev–Trinajstić information content (AvgIpc) is 2.82. The van der Waals surface area contributed by atoms with Gasteiger partial charge in [-0.3, -0.25) is 0 Å². The second-order valence-corrected chi connectivity index (χ2v) is 9.83. The molecule has 1 unspecified atom stereocenters. The van der Waals surface area contributed by atoms with Gasteiger partial charge < -0.3 is 5.11 Å². The molecule has 1 aliphatic rings. The van der Waals surface area contributed by atoms with Crippen LogP contribution >= 0.6 is 11.3 Å². The zero-order valence-electron chi connectivity index (χ0n) is 10.5. The Morgan fingerprint density at radius 3 is 2.60 bits per heavy atom. The Morgan fingerprint density at radius 2 is 2.15 bits per heavy atom. The second kappa shape index (κ2) is 5.10. The van der Waals surface area contributed by atoms with E-state index < -0.39 is 31.9 Å². The number of carboxylic acids is 1. The molecule has 0 radical (unpaired) electrons. The Hall–Kier alpha value is -0.970. The fourth-order valence-electron chi connectivity index (χ4n) is 1.96. The van der Waals surface area contributed by atoms with Gasteiger partial charge in [0.15, 0.2) is 9.84 Å². The molecule has 2 heterocycles. The number of sulfone groups is 1. The smallest absolute Gasteiger partial charge is 0.346 e. The summed E-state index contributed by atoms with van der Waals surface area (Å²) in [6.07, 6.45) is 0.234. The lowest BCUT2D eigenvalue weighted by Crippen LogP contribution is -2.35. The molecule has 1 aromatic heterocycles. The first-order valence-electron chi connectivity index (χ1n) is 5.67. The number of hydrogen-bond acceptors (Lipinski definition) is 6. The van der Waals surface area contributed by atoms with Gasteiger partial charge in [-0.2, -0.15) is 0 Å². The second-order valence-electron chi connectivity index (χ2n) is 4.60. The molecule has 0 bridgehead atoms. The Kier molecular flexibility index (Phi) is 3.93. The minimum absolute atomic E-state index is 0.0376. The predicted octanol–water partition coefficient (Wildman–Crippen LogP) is 0.220. The third-order valence-corrected chi connectivity index (χ3v) is 7.90. The van der Waals surface area contributed by atoms with E-state index in [1.165, 1.54) is 13.0 Å². The summed E-state index contributed by atoms with van der Waals surface area (Å²) in [7, 11) is -7.07. The van der Waals surface area contributed by atoms with E-state index in [2.05, 4.69) is 4.72 Å². The van der Waals surface area contributed by atoms with Crippen molar-refractivity contribution in [3.05, 3.63) is 16.5 Å². The highest BCUT2D eigenvalue weighted by molar-refractivity contribution is 7.92. The zero-order chi connectivity index (χ0) is 15.1. The lowest BCUT2D eigenvalue weighted by atomic mass is 10.3. The van der Waals surface area contributed by atoms with Crippen molar-refractivity contribution in [1.29, 1.82) is 0 Å². The highest BCUT2D eigenvalue weighted by Crippen LogP contribution is 2.26. The quantitative estimate of drug-likeness (QED) is 0.810. The minimum atomic E-state index is -3.89. The van der Waals surface area contributed by atoms with Crippen LogP contribution in [0.1, 0.15) is 21.7 Å². The van der Waals surface area contributed by atoms with Crippen LogP contribution in [0.3, 0.4) is 0 Å². The topological polar surface area (TPSA) is 118 Å². The molecule has 0 amide bonds. The number of thiophene rings is 1. The van der Waals surface area contributed by atoms with E-state index in [0.29, 0.717) is 16.9 Å². The highest BCUT2D eigenvalue weighted by atomic mass is 32.2. The average molecular weight is 339 g/mol. The molecule has 0 aliphatic carbocycles. The Morgan fingerprint density at radius 1 is 1.50 bits per heavy atom. The van der Waals surface area contributed by atoms with E-state index in [1.54, 1.807) is 0 Å². The zero-order valence-corrected chi connectivity index (χ0v) is 12.9. The maximum atomic E-state index is 12.1. The Bertz CT molecular complexity index is 746. The molecular formula is C10H13NO6S3. The first-order valence-corrected chi connectivity index (χ1v) is 9.79. The van der Waals surface area contributed by atoms with Gasteiger partial charge in [0, 0.05) is 6.04 Å². The molecular weight excluding hydrogens is 326 g/mol. The first kappa shape index (κ1) is 15.4. The highest BCUT2D eigenvalue weighted by Gasteiger charge is 2.32. The molecule has 10 heteroatoms. The maximum absolute atomic E-state index is 12.1. The molecule has 7 nitrogen and oxygen atoms in total. The van der Waals surface area contributed by atoms with E-state index in [1.807, 2.05) is 0 Å². The van der Waals surface area contributed by atoms with Crippen molar-refractivity contribution in [2.24, 2.45) is 0 Å². The van der Waals surface area contributed by atoms with Crippen molar-refractivity contribution in [3.63, 3.8) is 0 Å². The van der Waals surface area contributed by atoms with Crippen LogP contribution in [0.2, 0.25) is 0 Å². The van der Waals surface area contributed by atoms with Crippen LogP contribution in [0.4, 0.5) is 0 Å². The standard InChI is InChI=1S/C10H13NO6S3/c1-6-4-8(18-9(6)10(12)13)20(16,17)11-7-2-3-19(14,15)5-7/h4,7,11H,2-3,5H2,1H3,(H,12,13). The van der Waals surface area contributed by atoms with Crippen molar-refractivity contribution in [3.8, 4) is 0 Å². The van der Waals surface area contributed by atoms with E-state index >= 15 is 0 Å². The summed E-state index contributed by atoms with van der Waals surface area (Å²) in [6, 6.07) is 0.626. The van der Waals surface area contributed by atoms with Gasteiger partial charge in [-0.1, -0.05) is 0 Å². The van der Waals surface area contributed by atoms with Crippen LogP contribution < -0.4 is 4.72 Å². The fourth-order valence-corrected chi connectivity index (χ4v) is 6.41. The number of carbonyl (C=O) groups is 1. The molecule has 0 aromatic carbocycles. The lowest BCUT2D eigenvalue weighted by Gasteiger charge is -2.09. The maximum Gasteiger partial charge on any atom is 0.346 e. The molecule has 0 spiro atoms. The summed E-state index contributed by atoms with van der Waals surface area (Å²) in [5, 5.41) is 8.91. The number of aromatic carboxylic acids is 1. The Labute approximate surface area is 120 Å². The van der Waals surface area contributed by atoms with Gasteiger partial charge in [0.05, 0.1) is 11.5 Å².